The normalized spacial score (nSPS) is 10.4. The number of hydroxylamine groups is 2. The third kappa shape index (κ3) is 7.94. The zero-order valence-corrected chi connectivity index (χ0v) is 7.15. The molecule has 0 aromatic carbocycles. The zero-order chi connectivity index (χ0) is 7.98. The average Bonchev–Trinajstić information content (AvgIpc) is 1.79. The third-order valence-electron chi connectivity index (χ3n) is 0.931. The number of nitrogens with zero attached hydrogens (tertiary/aromatic N) is 1. The van der Waals surface area contributed by atoms with Crippen molar-refractivity contribution in [2.24, 2.45) is 0 Å². The Morgan fingerprint density at radius 3 is 2.70 bits per heavy atom. The number of carbonyl (C=O) groups excluding carboxylic acids is 1. The van der Waals surface area contributed by atoms with Crippen LogP contribution in [0.2, 0.25) is 0 Å². The number of rotatable bonds is 4. The first-order valence-electron chi connectivity index (χ1n) is 3.16. The van der Waals surface area contributed by atoms with E-state index in [-0.39, 0.29) is 5.12 Å². The molecule has 0 amide bonds. The van der Waals surface area contributed by atoms with E-state index in [9.17, 15) is 4.79 Å². The Hall–Kier alpha value is -0.0600. The predicted octanol–water partition coefficient (Wildman–Crippen LogP) is 0.977. The van der Waals surface area contributed by atoms with Gasteiger partial charge < -0.3 is 5.21 Å². The van der Waals surface area contributed by atoms with Crippen LogP contribution in [0.3, 0.4) is 0 Å². The van der Waals surface area contributed by atoms with Crippen molar-refractivity contribution >= 4 is 16.9 Å². The van der Waals surface area contributed by atoms with E-state index in [4.69, 9.17) is 5.21 Å². The van der Waals surface area contributed by atoms with Crippen LogP contribution in [-0.4, -0.2) is 34.7 Å². The minimum Gasteiger partial charge on any atom is -0.314 e. The predicted molar refractivity (Wildman–Crippen MR) is 42.2 cm³/mol. The first-order valence-corrected chi connectivity index (χ1v) is 4.15. The maximum atomic E-state index is 10.4. The summed E-state index contributed by atoms with van der Waals surface area (Å²) in [5.41, 5.74) is 0. The van der Waals surface area contributed by atoms with Gasteiger partial charge in [0.2, 0.25) is 0 Å². The second-order valence-corrected chi connectivity index (χ2v) is 3.35. The molecule has 0 spiro atoms. The lowest BCUT2D eigenvalue weighted by Gasteiger charge is -2.05. The van der Waals surface area contributed by atoms with Crippen molar-refractivity contribution in [2.45, 2.75) is 13.3 Å². The molecule has 0 aromatic heterocycles. The van der Waals surface area contributed by atoms with Crippen LogP contribution >= 0.6 is 11.8 Å². The summed E-state index contributed by atoms with van der Waals surface area (Å²) in [5, 5.41) is 9.92. The quantitative estimate of drug-likeness (QED) is 0.495. The zero-order valence-electron chi connectivity index (χ0n) is 6.33. The molecule has 4 heteroatoms. The molecular formula is C6H13NO2S. The van der Waals surface area contributed by atoms with E-state index >= 15 is 0 Å². The number of thioether (sulfide) groups is 1. The fourth-order valence-corrected chi connectivity index (χ4v) is 1.07. The van der Waals surface area contributed by atoms with Crippen LogP contribution in [0.4, 0.5) is 0 Å². The molecule has 0 rings (SSSR count). The molecule has 0 aliphatic carbocycles. The molecule has 0 atom stereocenters. The van der Waals surface area contributed by atoms with Crippen LogP contribution in [-0.2, 0) is 4.79 Å². The van der Waals surface area contributed by atoms with Crippen molar-refractivity contribution in [2.75, 3.05) is 19.3 Å². The lowest BCUT2D eigenvalue weighted by molar-refractivity contribution is -0.109. The number of carbonyl (C=O) groups is 1. The van der Waals surface area contributed by atoms with E-state index in [1.807, 2.05) is 0 Å². The summed E-state index contributed by atoms with van der Waals surface area (Å²) in [6.45, 7) is 2.17. The number of hydrogen-bond acceptors (Lipinski definition) is 4. The highest BCUT2D eigenvalue weighted by molar-refractivity contribution is 8.13. The molecule has 1 N–H and O–H groups in total. The van der Waals surface area contributed by atoms with E-state index in [2.05, 4.69) is 0 Å². The second-order valence-electron chi connectivity index (χ2n) is 2.07. The van der Waals surface area contributed by atoms with E-state index < -0.39 is 0 Å². The molecule has 0 fully saturated rings. The van der Waals surface area contributed by atoms with Crippen LogP contribution in [0.5, 0.6) is 0 Å². The maximum Gasteiger partial charge on any atom is 0.185 e. The summed E-state index contributed by atoms with van der Waals surface area (Å²) in [5.74, 6) is 0.792. The molecule has 0 radical (unpaired) electrons. The molecule has 0 aliphatic heterocycles. The highest BCUT2D eigenvalue weighted by atomic mass is 32.2. The van der Waals surface area contributed by atoms with Crippen LogP contribution < -0.4 is 0 Å². The molecule has 10 heavy (non-hydrogen) atoms. The summed E-state index contributed by atoms with van der Waals surface area (Å²) >= 11 is 1.30. The van der Waals surface area contributed by atoms with E-state index in [1.54, 1.807) is 14.0 Å². The van der Waals surface area contributed by atoms with E-state index in [1.165, 1.54) is 11.8 Å². The highest BCUT2D eigenvalue weighted by Crippen LogP contribution is 2.02. The Kier molecular flexibility index (Phi) is 5.67. The monoisotopic (exact) mass is 163 g/mol. The van der Waals surface area contributed by atoms with Gasteiger partial charge >= 0.3 is 0 Å². The lowest BCUT2D eigenvalue weighted by atomic mass is 10.5. The molecule has 0 unspecified atom stereocenters. The van der Waals surface area contributed by atoms with Gasteiger partial charge in [-0.15, -0.1) is 0 Å². The SMILES string of the molecule is CC(=O)SCCCN(C)O. The smallest absolute Gasteiger partial charge is 0.185 e. The fraction of sp³-hybridized carbons (Fsp3) is 0.833. The average molecular weight is 163 g/mol. The summed E-state index contributed by atoms with van der Waals surface area (Å²) < 4.78 is 0. The van der Waals surface area contributed by atoms with Crippen LogP contribution in [0.15, 0.2) is 0 Å². The maximum absolute atomic E-state index is 10.4. The first kappa shape index (κ1) is 9.94. The minimum absolute atomic E-state index is 0.139. The van der Waals surface area contributed by atoms with Gasteiger partial charge in [0.15, 0.2) is 5.12 Å². The summed E-state index contributed by atoms with van der Waals surface area (Å²) in [7, 11) is 1.60. The van der Waals surface area contributed by atoms with Gasteiger partial charge in [0, 0.05) is 26.3 Å². The van der Waals surface area contributed by atoms with Crippen molar-refractivity contribution in [1.82, 2.24) is 5.06 Å². The first-order chi connectivity index (χ1) is 4.63. The van der Waals surface area contributed by atoms with Crippen molar-refractivity contribution < 1.29 is 10.0 Å². The van der Waals surface area contributed by atoms with E-state index in [0.29, 0.717) is 6.54 Å². The number of hydrogen-bond donors (Lipinski definition) is 1. The van der Waals surface area contributed by atoms with Gasteiger partial charge in [-0.2, -0.15) is 5.06 Å². The Morgan fingerprint density at radius 1 is 1.70 bits per heavy atom. The summed E-state index contributed by atoms with van der Waals surface area (Å²) in [4.78, 5) is 10.4. The van der Waals surface area contributed by atoms with Crippen molar-refractivity contribution in [1.29, 1.82) is 0 Å². The molecule has 0 aromatic rings. The Balaban J connectivity index is 2.98. The second kappa shape index (κ2) is 5.70. The Bertz CT molecular complexity index is 106. The van der Waals surface area contributed by atoms with Crippen molar-refractivity contribution in [3.8, 4) is 0 Å². The van der Waals surface area contributed by atoms with Gasteiger partial charge in [-0.05, 0) is 6.42 Å². The van der Waals surface area contributed by atoms with Gasteiger partial charge in [0.25, 0.3) is 0 Å². The van der Waals surface area contributed by atoms with E-state index in [0.717, 1.165) is 17.2 Å². The summed E-state index contributed by atoms with van der Waals surface area (Å²) in [6, 6.07) is 0. The van der Waals surface area contributed by atoms with Gasteiger partial charge in [0.1, 0.15) is 0 Å². The van der Waals surface area contributed by atoms with Crippen LogP contribution in [0.25, 0.3) is 0 Å². The lowest BCUT2D eigenvalue weighted by Crippen LogP contribution is -2.14. The third-order valence-corrected chi connectivity index (χ3v) is 1.83. The minimum atomic E-state index is 0.139. The van der Waals surface area contributed by atoms with Crippen molar-refractivity contribution in [3.05, 3.63) is 0 Å². The van der Waals surface area contributed by atoms with Gasteiger partial charge in [-0.3, -0.25) is 4.79 Å². The molecule has 0 aliphatic rings. The molecular weight excluding hydrogens is 150 g/mol. The Labute approximate surface area is 65.4 Å². The van der Waals surface area contributed by atoms with Gasteiger partial charge in [0.05, 0.1) is 0 Å². The molecule has 60 valence electrons. The summed E-state index contributed by atoms with van der Waals surface area (Å²) in [6.07, 6.45) is 0.844. The molecule has 0 saturated heterocycles. The van der Waals surface area contributed by atoms with Gasteiger partial charge in [-0.25, -0.2) is 0 Å². The molecule has 3 nitrogen and oxygen atoms in total. The Morgan fingerprint density at radius 2 is 2.30 bits per heavy atom. The topological polar surface area (TPSA) is 40.5 Å². The fourth-order valence-electron chi connectivity index (χ4n) is 0.509. The largest absolute Gasteiger partial charge is 0.314 e. The van der Waals surface area contributed by atoms with Crippen molar-refractivity contribution in [3.63, 3.8) is 0 Å². The molecule has 0 saturated carbocycles. The van der Waals surface area contributed by atoms with Gasteiger partial charge in [-0.1, -0.05) is 11.8 Å². The van der Waals surface area contributed by atoms with Crippen LogP contribution in [0, 0.1) is 0 Å². The standard InChI is InChI=1S/C6H13NO2S/c1-6(8)10-5-3-4-7(2)9/h9H,3-5H2,1-2H3. The molecule has 0 heterocycles. The molecule has 0 bridgehead atoms. The van der Waals surface area contributed by atoms with Crippen LogP contribution in [0.1, 0.15) is 13.3 Å². The highest BCUT2D eigenvalue weighted by Gasteiger charge is 1.94.